The molecule has 2 aromatic carbocycles. The molecule has 130 valence electrons. The topological polar surface area (TPSA) is 102 Å². The van der Waals surface area contributed by atoms with Crippen LogP contribution in [-0.2, 0) is 9.84 Å². The molecule has 0 fully saturated rings. The standard InChI is InChI=1S/C18H13FN4O2S/c19-12-6-8-13(9-7-12)26(24,25)17-16-15(23-18(17)20)14(21-10-22-16)11-4-2-1-3-5-11/h1-10,23H,20H2. The Labute approximate surface area is 148 Å². The van der Waals surface area contributed by atoms with Crippen LogP contribution in [0.4, 0.5) is 10.2 Å². The maximum atomic E-state index is 13.1. The highest BCUT2D eigenvalue weighted by Gasteiger charge is 2.27. The molecular weight excluding hydrogens is 355 g/mol. The molecule has 4 aromatic rings. The van der Waals surface area contributed by atoms with Crippen molar-refractivity contribution in [2.24, 2.45) is 0 Å². The van der Waals surface area contributed by atoms with Gasteiger partial charge in [-0.1, -0.05) is 30.3 Å². The lowest BCUT2D eigenvalue weighted by Crippen LogP contribution is -2.05. The summed E-state index contributed by atoms with van der Waals surface area (Å²) in [5, 5.41) is 0. The molecule has 0 saturated heterocycles. The second-order valence-electron chi connectivity index (χ2n) is 5.64. The van der Waals surface area contributed by atoms with Gasteiger partial charge in [-0.05, 0) is 24.3 Å². The van der Waals surface area contributed by atoms with Crippen molar-refractivity contribution in [3.63, 3.8) is 0 Å². The number of nitrogens with one attached hydrogen (secondary N) is 1. The minimum atomic E-state index is -3.98. The minimum absolute atomic E-state index is 0.0398. The van der Waals surface area contributed by atoms with E-state index in [2.05, 4.69) is 15.0 Å². The van der Waals surface area contributed by atoms with Crippen molar-refractivity contribution in [3.05, 3.63) is 66.7 Å². The molecule has 2 heterocycles. The predicted molar refractivity (Wildman–Crippen MR) is 95.6 cm³/mol. The maximum absolute atomic E-state index is 13.1. The van der Waals surface area contributed by atoms with Crippen LogP contribution in [0.2, 0.25) is 0 Å². The molecule has 0 aliphatic heterocycles. The van der Waals surface area contributed by atoms with E-state index in [1.165, 1.54) is 18.5 Å². The third kappa shape index (κ3) is 2.51. The fourth-order valence-electron chi connectivity index (χ4n) is 2.81. The molecule has 26 heavy (non-hydrogen) atoms. The van der Waals surface area contributed by atoms with Gasteiger partial charge in [-0.25, -0.2) is 22.8 Å². The first kappa shape index (κ1) is 16.2. The fraction of sp³-hybridized carbons (Fsp3) is 0. The fourth-order valence-corrected chi connectivity index (χ4v) is 4.29. The van der Waals surface area contributed by atoms with Crippen molar-refractivity contribution < 1.29 is 12.8 Å². The van der Waals surface area contributed by atoms with Crippen molar-refractivity contribution in [3.8, 4) is 11.3 Å². The van der Waals surface area contributed by atoms with Crippen LogP contribution in [0.5, 0.6) is 0 Å². The number of rotatable bonds is 3. The van der Waals surface area contributed by atoms with Gasteiger partial charge < -0.3 is 10.7 Å². The van der Waals surface area contributed by atoms with Gasteiger partial charge in [0, 0.05) is 5.56 Å². The Balaban J connectivity index is 1.98. The number of hydrogen-bond acceptors (Lipinski definition) is 5. The molecule has 4 rings (SSSR count). The van der Waals surface area contributed by atoms with Crippen LogP contribution in [0, 0.1) is 5.82 Å². The highest BCUT2D eigenvalue weighted by Crippen LogP contribution is 2.35. The Hall–Kier alpha value is -3.26. The molecule has 3 N–H and O–H groups in total. The first-order valence-corrected chi connectivity index (χ1v) is 9.15. The monoisotopic (exact) mass is 368 g/mol. The predicted octanol–water partition coefficient (Wildman–Crippen LogP) is 3.18. The second kappa shape index (κ2) is 5.92. The lowest BCUT2D eigenvalue weighted by Gasteiger charge is -2.05. The largest absolute Gasteiger partial charge is 0.384 e. The van der Waals surface area contributed by atoms with E-state index in [9.17, 15) is 12.8 Å². The Morgan fingerprint density at radius 3 is 2.35 bits per heavy atom. The summed E-state index contributed by atoms with van der Waals surface area (Å²) >= 11 is 0. The smallest absolute Gasteiger partial charge is 0.212 e. The van der Waals surface area contributed by atoms with Gasteiger partial charge in [0.25, 0.3) is 0 Å². The van der Waals surface area contributed by atoms with Gasteiger partial charge in [0.2, 0.25) is 9.84 Å². The van der Waals surface area contributed by atoms with E-state index in [1.807, 2.05) is 30.3 Å². The Kier molecular flexibility index (Phi) is 3.69. The number of nitrogen functional groups attached to an aromatic ring is 1. The van der Waals surface area contributed by atoms with Crippen LogP contribution < -0.4 is 5.73 Å². The van der Waals surface area contributed by atoms with E-state index >= 15 is 0 Å². The van der Waals surface area contributed by atoms with Crippen molar-refractivity contribution in [2.45, 2.75) is 9.79 Å². The number of halogens is 1. The molecule has 0 unspecified atom stereocenters. The van der Waals surface area contributed by atoms with E-state index in [1.54, 1.807) is 0 Å². The Morgan fingerprint density at radius 1 is 0.962 bits per heavy atom. The molecule has 2 aromatic heterocycles. The summed E-state index contributed by atoms with van der Waals surface area (Å²) in [6.07, 6.45) is 1.29. The molecule has 0 aliphatic rings. The Morgan fingerprint density at radius 2 is 1.65 bits per heavy atom. The number of sulfone groups is 1. The highest BCUT2D eigenvalue weighted by atomic mass is 32.2. The number of anilines is 1. The van der Waals surface area contributed by atoms with Gasteiger partial charge in [0.05, 0.1) is 16.1 Å². The summed E-state index contributed by atoms with van der Waals surface area (Å²) < 4.78 is 39.2. The van der Waals surface area contributed by atoms with Crippen molar-refractivity contribution in [1.29, 1.82) is 0 Å². The average molecular weight is 368 g/mol. The van der Waals surface area contributed by atoms with Gasteiger partial charge in [-0.15, -0.1) is 0 Å². The van der Waals surface area contributed by atoms with Crippen molar-refractivity contribution in [2.75, 3.05) is 5.73 Å². The van der Waals surface area contributed by atoms with Gasteiger partial charge in [0.1, 0.15) is 28.4 Å². The molecule has 8 heteroatoms. The minimum Gasteiger partial charge on any atom is -0.384 e. The molecule has 0 spiro atoms. The summed E-state index contributed by atoms with van der Waals surface area (Å²) in [6, 6.07) is 13.8. The van der Waals surface area contributed by atoms with E-state index < -0.39 is 15.7 Å². The number of H-pyrrole nitrogens is 1. The molecule has 0 saturated carbocycles. The molecule has 0 aliphatic carbocycles. The molecule has 0 bridgehead atoms. The summed E-state index contributed by atoms with van der Waals surface area (Å²) in [7, 11) is -3.98. The zero-order valence-electron chi connectivity index (χ0n) is 13.3. The van der Waals surface area contributed by atoms with E-state index in [0.717, 1.165) is 17.7 Å². The van der Waals surface area contributed by atoms with Crippen molar-refractivity contribution >= 4 is 26.7 Å². The van der Waals surface area contributed by atoms with E-state index in [0.29, 0.717) is 11.2 Å². The van der Waals surface area contributed by atoms with Crippen LogP contribution in [0.25, 0.3) is 22.3 Å². The molecule has 0 atom stereocenters. The van der Waals surface area contributed by atoms with Crippen LogP contribution in [0.15, 0.2) is 70.7 Å². The number of fused-ring (bicyclic) bond motifs is 1. The normalized spacial score (nSPS) is 11.7. The number of hydrogen-bond donors (Lipinski definition) is 2. The number of nitrogens with two attached hydrogens (primary N) is 1. The van der Waals surface area contributed by atoms with Crippen LogP contribution >= 0.6 is 0 Å². The SMILES string of the molecule is Nc1[nH]c2c(-c3ccccc3)ncnc2c1S(=O)(=O)c1ccc(F)cc1. The Bertz CT molecular complexity index is 1200. The van der Waals surface area contributed by atoms with Crippen LogP contribution in [0.3, 0.4) is 0 Å². The number of benzene rings is 2. The summed E-state index contributed by atoms with van der Waals surface area (Å²) in [5.74, 6) is -0.563. The number of aromatic amines is 1. The summed E-state index contributed by atoms with van der Waals surface area (Å²) in [6.45, 7) is 0. The number of aromatic nitrogens is 3. The quantitative estimate of drug-likeness (QED) is 0.541. The lowest BCUT2D eigenvalue weighted by molar-refractivity contribution is 0.596. The van der Waals surface area contributed by atoms with E-state index in [-0.39, 0.29) is 21.1 Å². The van der Waals surface area contributed by atoms with Crippen LogP contribution in [-0.4, -0.2) is 23.4 Å². The lowest BCUT2D eigenvalue weighted by atomic mass is 10.1. The molecular formula is C18H13FN4O2S. The van der Waals surface area contributed by atoms with Crippen LogP contribution in [0.1, 0.15) is 0 Å². The zero-order valence-corrected chi connectivity index (χ0v) is 14.2. The zero-order chi connectivity index (χ0) is 18.3. The maximum Gasteiger partial charge on any atom is 0.212 e. The van der Waals surface area contributed by atoms with E-state index in [4.69, 9.17) is 5.73 Å². The molecule has 0 radical (unpaired) electrons. The van der Waals surface area contributed by atoms with Gasteiger partial charge >= 0.3 is 0 Å². The third-order valence-corrected chi connectivity index (χ3v) is 5.85. The first-order valence-electron chi connectivity index (χ1n) is 7.66. The van der Waals surface area contributed by atoms with Gasteiger partial charge in [-0.2, -0.15) is 0 Å². The number of nitrogens with zero attached hydrogens (tertiary/aromatic N) is 2. The molecule has 6 nitrogen and oxygen atoms in total. The van der Waals surface area contributed by atoms with Crippen molar-refractivity contribution in [1.82, 2.24) is 15.0 Å². The summed E-state index contributed by atoms with van der Waals surface area (Å²) in [5.41, 5.74) is 7.94. The average Bonchev–Trinajstić information content (AvgIpc) is 2.99. The second-order valence-corrected chi connectivity index (χ2v) is 7.52. The van der Waals surface area contributed by atoms with Gasteiger partial charge in [-0.3, -0.25) is 0 Å². The highest BCUT2D eigenvalue weighted by molar-refractivity contribution is 7.92. The molecule has 0 amide bonds. The summed E-state index contributed by atoms with van der Waals surface area (Å²) in [4.78, 5) is 11.1. The van der Waals surface area contributed by atoms with Gasteiger partial charge in [0.15, 0.2) is 0 Å². The first-order chi connectivity index (χ1) is 12.5. The third-order valence-electron chi connectivity index (χ3n) is 4.01.